The van der Waals surface area contributed by atoms with Gasteiger partial charge in [0.25, 0.3) is 5.69 Å². The first kappa shape index (κ1) is 16.7. The van der Waals surface area contributed by atoms with Crippen molar-refractivity contribution in [2.45, 2.75) is 24.2 Å². The monoisotopic (exact) mass is 329 g/mol. The summed E-state index contributed by atoms with van der Waals surface area (Å²) < 4.78 is 26.5. The van der Waals surface area contributed by atoms with E-state index in [1.165, 1.54) is 35.7 Å². The Kier molecular flexibility index (Phi) is 4.99. The predicted octanol–water partition coefficient (Wildman–Crippen LogP) is 1.77. The molecule has 122 valence electrons. The maximum Gasteiger partial charge on any atom is 0.296 e. The van der Waals surface area contributed by atoms with E-state index in [-0.39, 0.29) is 16.3 Å². The first-order valence-electron chi connectivity index (χ1n) is 6.94. The van der Waals surface area contributed by atoms with E-state index in [2.05, 4.69) is 0 Å². The minimum Gasteiger partial charge on any atom is -0.277 e. The Morgan fingerprint density at radius 3 is 2.45 bits per heavy atom. The van der Waals surface area contributed by atoms with Gasteiger partial charge in [0.2, 0.25) is 10.0 Å². The number of nitro groups is 1. The van der Waals surface area contributed by atoms with Crippen molar-refractivity contribution in [2.75, 3.05) is 32.3 Å². The van der Waals surface area contributed by atoms with Crippen LogP contribution in [0.4, 0.5) is 11.4 Å². The molecule has 0 atom stereocenters. The lowest BCUT2D eigenvalue weighted by atomic mass is 10.2. The number of nitro benzene ring substituents is 1. The van der Waals surface area contributed by atoms with E-state index in [0.29, 0.717) is 13.1 Å². The SMILES string of the molecule is CON(C)c1ccc(S(=O)(=O)N2CCCCC2)cc1[N+](=O)[O-]. The summed E-state index contributed by atoms with van der Waals surface area (Å²) in [5.74, 6) is 0. The van der Waals surface area contributed by atoms with E-state index in [4.69, 9.17) is 4.84 Å². The minimum absolute atomic E-state index is 0.0608. The number of sulfonamides is 1. The molecule has 1 heterocycles. The van der Waals surface area contributed by atoms with Gasteiger partial charge in [0.1, 0.15) is 5.69 Å². The molecule has 22 heavy (non-hydrogen) atoms. The van der Waals surface area contributed by atoms with Crippen LogP contribution in [-0.2, 0) is 14.9 Å². The lowest BCUT2D eigenvalue weighted by molar-refractivity contribution is -0.384. The molecule has 0 unspecified atom stereocenters. The average molecular weight is 329 g/mol. The second kappa shape index (κ2) is 6.59. The van der Waals surface area contributed by atoms with E-state index in [1.807, 2.05) is 0 Å². The zero-order valence-corrected chi connectivity index (χ0v) is 13.4. The summed E-state index contributed by atoms with van der Waals surface area (Å²) in [5.41, 5.74) is -0.104. The van der Waals surface area contributed by atoms with Crippen molar-refractivity contribution in [1.82, 2.24) is 4.31 Å². The fourth-order valence-corrected chi connectivity index (χ4v) is 3.97. The van der Waals surface area contributed by atoms with E-state index in [9.17, 15) is 18.5 Å². The van der Waals surface area contributed by atoms with Gasteiger partial charge in [0, 0.05) is 26.2 Å². The van der Waals surface area contributed by atoms with Crippen molar-refractivity contribution in [3.05, 3.63) is 28.3 Å². The molecule has 9 heteroatoms. The Labute approximate surface area is 129 Å². The summed E-state index contributed by atoms with van der Waals surface area (Å²) in [6, 6.07) is 3.86. The molecule has 8 nitrogen and oxygen atoms in total. The van der Waals surface area contributed by atoms with Gasteiger partial charge in [-0.3, -0.25) is 20.0 Å². The molecule has 2 rings (SSSR count). The smallest absolute Gasteiger partial charge is 0.277 e. The number of anilines is 1. The molecule has 1 fully saturated rings. The molecular weight excluding hydrogens is 310 g/mol. The molecule has 0 spiro atoms. The van der Waals surface area contributed by atoms with Crippen LogP contribution >= 0.6 is 0 Å². The fourth-order valence-electron chi connectivity index (χ4n) is 2.43. The van der Waals surface area contributed by atoms with E-state index < -0.39 is 14.9 Å². The van der Waals surface area contributed by atoms with Crippen LogP contribution in [0.25, 0.3) is 0 Å². The summed E-state index contributed by atoms with van der Waals surface area (Å²) in [6.45, 7) is 0.908. The van der Waals surface area contributed by atoms with Gasteiger partial charge in [0.15, 0.2) is 0 Å². The van der Waals surface area contributed by atoms with Crippen LogP contribution in [0.1, 0.15) is 19.3 Å². The molecule has 0 radical (unpaired) electrons. The molecule has 0 aromatic heterocycles. The van der Waals surface area contributed by atoms with Gasteiger partial charge in [-0.1, -0.05) is 6.42 Å². The Balaban J connectivity index is 2.43. The van der Waals surface area contributed by atoms with Crippen LogP contribution in [0.5, 0.6) is 0 Å². The number of piperidine rings is 1. The van der Waals surface area contributed by atoms with Crippen molar-refractivity contribution < 1.29 is 18.2 Å². The molecule has 0 saturated carbocycles. The number of hydroxylamine groups is 1. The van der Waals surface area contributed by atoms with Crippen LogP contribution < -0.4 is 5.06 Å². The Morgan fingerprint density at radius 2 is 1.91 bits per heavy atom. The third kappa shape index (κ3) is 3.21. The van der Waals surface area contributed by atoms with Crippen LogP contribution in [-0.4, -0.2) is 44.9 Å². The summed E-state index contributed by atoms with van der Waals surface area (Å²) in [6.07, 6.45) is 2.63. The van der Waals surface area contributed by atoms with E-state index >= 15 is 0 Å². The second-order valence-corrected chi connectivity index (χ2v) is 6.99. The molecule has 0 amide bonds. The Bertz CT molecular complexity index is 656. The van der Waals surface area contributed by atoms with Gasteiger partial charge >= 0.3 is 0 Å². The molecule has 1 saturated heterocycles. The molecule has 1 aliphatic heterocycles. The third-order valence-electron chi connectivity index (χ3n) is 3.71. The van der Waals surface area contributed by atoms with Crippen molar-refractivity contribution in [1.29, 1.82) is 0 Å². The Morgan fingerprint density at radius 1 is 1.27 bits per heavy atom. The van der Waals surface area contributed by atoms with Gasteiger partial charge in [-0.05, 0) is 25.0 Å². The van der Waals surface area contributed by atoms with Crippen molar-refractivity contribution >= 4 is 21.4 Å². The largest absolute Gasteiger partial charge is 0.296 e. The van der Waals surface area contributed by atoms with Crippen LogP contribution in [0.3, 0.4) is 0 Å². The molecule has 1 aliphatic rings. The van der Waals surface area contributed by atoms with Crippen LogP contribution in [0.2, 0.25) is 0 Å². The van der Waals surface area contributed by atoms with Crippen LogP contribution in [0, 0.1) is 10.1 Å². The number of hydrogen-bond acceptors (Lipinski definition) is 6. The highest BCUT2D eigenvalue weighted by molar-refractivity contribution is 7.89. The topological polar surface area (TPSA) is 93.0 Å². The van der Waals surface area contributed by atoms with Gasteiger partial charge in [0.05, 0.1) is 16.9 Å². The van der Waals surface area contributed by atoms with Crippen molar-refractivity contribution in [3.8, 4) is 0 Å². The standard InChI is InChI=1S/C13H19N3O5S/c1-14(21-2)12-7-6-11(10-13(12)16(17)18)22(19,20)15-8-4-3-5-9-15/h6-7,10H,3-5,8-9H2,1-2H3. The minimum atomic E-state index is -3.70. The van der Waals surface area contributed by atoms with Gasteiger partial charge < -0.3 is 0 Å². The molecular formula is C13H19N3O5S. The van der Waals surface area contributed by atoms with Crippen molar-refractivity contribution in [3.63, 3.8) is 0 Å². The molecule has 1 aromatic rings. The zero-order chi connectivity index (χ0) is 16.3. The van der Waals surface area contributed by atoms with E-state index in [0.717, 1.165) is 25.3 Å². The quantitative estimate of drug-likeness (QED) is 0.604. The lowest BCUT2D eigenvalue weighted by Crippen LogP contribution is -2.35. The third-order valence-corrected chi connectivity index (χ3v) is 5.60. The highest BCUT2D eigenvalue weighted by Crippen LogP contribution is 2.31. The summed E-state index contributed by atoms with van der Waals surface area (Å²) in [4.78, 5) is 15.5. The van der Waals surface area contributed by atoms with E-state index in [1.54, 1.807) is 0 Å². The first-order chi connectivity index (χ1) is 10.4. The molecule has 0 aliphatic carbocycles. The highest BCUT2D eigenvalue weighted by Gasteiger charge is 2.29. The maximum absolute atomic E-state index is 12.6. The fraction of sp³-hybridized carbons (Fsp3) is 0.538. The second-order valence-electron chi connectivity index (χ2n) is 5.05. The highest BCUT2D eigenvalue weighted by atomic mass is 32.2. The maximum atomic E-state index is 12.6. The normalized spacial score (nSPS) is 16.5. The molecule has 0 bridgehead atoms. The number of hydrogen-bond donors (Lipinski definition) is 0. The number of benzene rings is 1. The summed E-state index contributed by atoms with van der Waals surface area (Å²) in [7, 11) is -0.806. The zero-order valence-electron chi connectivity index (χ0n) is 12.6. The first-order valence-corrected chi connectivity index (χ1v) is 8.38. The number of rotatable bonds is 5. The number of nitrogens with zero attached hydrogens (tertiary/aromatic N) is 3. The Hall–Kier alpha value is -1.71. The van der Waals surface area contributed by atoms with Gasteiger partial charge in [-0.25, -0.2) is 8.42 Å². The van der Waals surface area contributed by atoms with Crippen molar-refractivity contribution in [2.24, 2.45) is 0 Å². The summed E-state index contributed by atoms with van der Waals surface area (Å²) in [5, 5.41) is 12.4. The average Bonchev–Trinajstić information content (AvgIpc) is 2.54. The van der Waals surface area contributed by atoms with Crippen LogP contribution in [0.15, 0.2) is 23.1 Å². The van der Waals surface area contributed by atoms with Gasteiger partial charge in [-0.2, -0.15) is 4.31 Å². The van der Waals surface area contributed by atoms with Gasteiger partial charge in [-0.15, -0.1) is 0 Å². The lowest BCUT2D eigenvalue weighted by Gasteiger charge is -2.26. The molecule has 1 aromatic carbocycles. The molecule has 0 N–H and O–H groups in total. The summed E-state index contributed by atoms with van der Waals surface area (Å²) >= 11 is 0. The predicted molar refractivity (Wildman–Crippen MR) is 81.1 cm³/mol.